The molecule has 0 radical (unpaired) electrons. The molecule has 0 saturated heterocycles. The number of nitrogens with zero attached hydrogens (tertiary/aromatic N) is 1. The molecule has 2 nitrogen and oxygen atoms in total. The summed E-state index contributed by atoms with van der Waals surface area (Å²) in [5, 5.41) is 0. The highest BCUT2D eigenvalue weighted by atomic mass is 127. The van der Waals surface area contributed by atoms with Gasteiger partial charge in [-0.3, -0.25) is 0 Å². The van der Waals surface area contributed by atoms with Crippen LogP contribution in [-0.4, -0.2) is 31.1 Å². The van der Waals surface area contributed by atoms with Crippen molar-refractivity contribution in [3.05, 3.63) is 35.4 Å². The second-order valence-electron chi connectivity index (χ2n) is 4.07. The largest absolute Gasteiger partial charge is 1.00 e. The van der Waals surface area contributed by atoms with Gasteiger partial charge in [-0.1, -0.05) is 57.5 Å². The van der Waals surface area contributed by atoms with E-state index in [2.05, 4.69) is 49.9 Å². The third-order valence-corrected chi connectivity index (χ3v) is 2.84. The van der Waals surface area contributed by atoms with Crippen molar-refractivity contribution in [2.24, 2.45) is 0 Å². The van der Waals surface area contributed by atoms with Crippen LogP contribution in [0, 0.1) is 6.92 Å². The summed E-state index contributed by atoms with van der Waals surface area (Å²) >= 11 is 0. The number of aryl methyl sites for hydroxylation is 1. The summed E-state index contributed by atoms with van der Waals surface area (Å²) in [7, 11) is 0. The zero-order valence-corrected chi connectivity index (χ0v) is 15.2. The number of hydrogen-bond acceptors (Lipinski definition) is 2. The average Bonchev–Trinajstić information content (AvgIpc) is 2.43. The van der Waals surface area contributed by atoms with Crippen molar-refractivity contribution in [2.75, 3.05) is 26.2 Å². The lowest BCUT2D eigenvalue weighted by Gasteiger charge is -2.17. The Balaban J connectivity index is 0. The first-order valence-electron chi connectivity index (χ1n) is 7.12. The summed E-state index contributed by atoms with van der Waals surface area (Å²) in [5.74, 6) is 0. The van der Waals surface area contributed by atoms with E-state index in [-0.39, 0.29) is 24.0 Å². The first-order valence-corrected chi connectivity index (χ1v) is 7.12. The Kier molecular flexibility index (Phi) is 15.9. The first kappa shape index (κ1) is 21.2. The molecule has 0 amide bonds. The van der Waals surface area contributed by atoms with E-state index >= 15 is 0 Å². The fraction of sp³-hybridized carbons (Fsp3) is 0.625. The molecule has 3 heteroatoms. The van der Waals surface area contributed by atoms with Crippen LogP contribution in [0.25, 0.3) is 0 Å². The highest BCUT2D eigenvalue weighted by Crippen LogP contribution is 2.04. The van der Waals surface area contributed by atoms with Crippen molar-refractivity contribution in [2.45, 2.75) is 41.2 Å². The van der Waals surface area contributed by atoms with Crippen LogP contribution in [0.2, 0.25) is 0 Å². The zero-order valence-electron chi connectivity index (χ0n) is 13.1. The van der Waals surface area contributed by atoms with Gasteiger partial charge in [0.2, 0.25) is 0 Å². The first-order chi connectivity index (χ1) is 8.76. The van der Waals surface area contributed by atoms with Gasteiger partial charge >= 0.3 is 0 Å². The zero-order chi connectivity index (χ0) is 13.8. The van der Waals surface area contributed by atoms with Crippen molar-refractivity contribution in [1.29, 1.82) is 0 Å². The number of benzene rings is 1. The molecule has 0 fully saturated rings. The average molecular weight is 378 g/mol. The fourth-order valence-corrected chi connectivity index (χ4v) is 1.61. The molecule has 0 N–H and O–H groups in total. The molecular weight excluding hydrogens is 349 g/mol. The van der Waals surface area contributed by atoms with Crippen LogP contribution >= 0.6 is 0 Å². The number of ether oxygens (including phenoxy) is 1. The van der Waals surface area contributed by atoms with Crippen LogP contribution in [0.15, 0.2) is 24.3 Å². The normalized spacial score (nSPS) is 9.58. The van der Waals surface area contributed by atoms with Gasteiger partial charge in [0.05, 0.1) is 13.2 Å². The van der Waals surface area contributed by atoms with E-state index in [9.17, 15) is 0 Å². The minimum Gasteiger partial charge on any atom is -1.00 e. The third-order valence-electron chi connectivity index (χ3n) is 2.84. The van der Waals surface area contributed by atoms with Crippen LogP contribution in [0.5, 0.6) is 0 Å². The predicted octanol–water partition coefficient (Wildman–Crippen LogP) is 0.884. The Morgan fingerprint density at radius 1 is 1.00 bits per heavy atom. The summed E-state index contributed by atoms with van der Waals surface area (Å²) in [6.07, 6.45) is 0. The monoisotopic (exact) mass is 378 g/mol. The Bertz CT molecular complexity index is 283. The molecule has 0 unspecified atom stereocenters. The van der Waals surface area contributed by atoms with E-state index in [0.29, 0.717) is 0 Å². The second-order valence-corrected chi connectivity index (χ2v) is 4.07. The van der Waals surface area contributed by atoms with E-state index in [1.54, 1.807) is 0 Å². The molecule has 1 aromatic carbocycles. The van der Waals surface area contributed by atoms with Crippen LogP contribution in [-0.2, 0) is 11.3 Å². The minimum absolute atomic E-state index is 0. The molecule has 0 heterocycles. The number of rotatable bonds is 7. The summed E-state index contributed by atoms with van der Waals surface area (Å²) < 4.78 is 5.65. The number of hydrogen-bond donors (Lipinski definition) is 0. The second kappa shape index (κ2) is 14.3. The van der Waals surface area contributed by atoms with Gasteiger partial charge in [-0.05, 0) is 25.6 Å². The molecule has 0 aromatic heterocycles. The predicted molar refractivity (Wildman–Crippen MR) is 80.0 cm³/mol. The van der Waals surface area contributed by atoms with Crippen molar-refractivity contribution >= 4 is 0 Å². The topological polar surface area (TPSA) is 12.5 Å². The van der Waals surface area contributed by atoms with Gasteiger partial charge in [0.1, 0.15) is 0 Å². The Labute approximate surface area is 136 Å². The van der Waals surface area contributed by atoms with E-state index in [4.69, 9.17) is 4.74 Å². The number of halogens is 1. The standard InChI is InChI=1S/C14H23NO.C2H6.HI/c1-4-15(5-2)10-11-16-12-14-8-6-13(3)7-9-14;1-2;/h6-9H,4-5,10-12H2,1-3H3;1-2H3;1H/p-1. The molecule has 0 atom stereocenters. The molecule has 0 spiro atoms. The summed E-state index contributed by atoms with van der Waals surface area (Å²) in [4.78, 5) is 2.37. The Morgan fingerprint density at radius 3 is 2.00 bits per heavy atom. The van der Waals surface area contributed by atoms with Crippen LogP contribution in [0.1, 0.15) is 38.8 Å². The Morgan fingerprint density at radius 2 is 1.53 bits per heavy atom. The summed E-state index contributed by atoms with van der Waals surface area (Å²) in [5.41, 5.74) is 2.55. The molecular formula is C16H29INO-. The molecule has 0 aliphatic rings. The molecule has 112 valence electrons. The van der Waals surface area contributed by atoms with Crippen molar-refractivity contribution in [1.82, 2.24) is 4.90 Å². The summed E-state index contributed by atoms with van der Waals surface area (Å²) in [6.45, 7) is 15.2. The van der Waals surface area contributed by atoms with E-state index in [1.807, 2.05) is 13.8 Å². The third kappa shape index (κ3) is 10.3. The maximum atomic E-state index is 5.65. The van der Waals surface area contributed by atoms with Gasteiger partial charge in [0.15, 0.2) is 0 Å². The smallest absolute Gasteiger partial charge is 0.0717 e. The molecule has 1 rings (SSSR count). The van der Waals surface area contributed by atoms with Crippen molar-refractivity contribution in [3.63, 3.8) is 0 Å². The van der Waals surface area contributed by atoms with Gasteiger partial charge in [0, 0.05) is 6.54 Å². The van der Waals surface area contributed by atoms with Crippen molar-refractivity contribution < 1.29 is 28.7 Å². The van der Waals surface area contributed by atoms with Crippen LogP contribution in [0.4, 0.5) is 0 Å². The SMILES string of the molecule is CC.CCN(CC)CCOCc1ccc(C)cc1.[I-]. The maximum Gasteiger partial charge on any atom is 0.0717 e. The minimum atomic E-state index is 0. The quantitative estimate of drug-likeness (QED) is 0.516. The van der Waals surface area contributed by atoms with Crippen LogP contribution in [0.3, 0.4) is 0 Å². The lowest BCUT2D eigenvalue weighted by Crippen LogP contribution is -3.00. The fourth-order valence-electron chi connectivity index (χ4n) is 1.61. The molecule has 0 aliphatic carbocycles. The molecule has 19 heavy (non-hydrogen) atoms. The number of likely N-dealkylation sites (N-methyl/N-ethyl adjacent to an activating group) is 1. The van der Waals surface area contributed by atoms with Crippen molar-refractivity contribution in [3.8, 4) is 0 Å². The van der Waals surface area contributed by atoms with Crippen LogP contribution < -0.4 is 24.0 Å². The van der Waals surface area contributed by atoms with Gasteiger partial charge in [0.25, 0.3) is 0 Å². The molecule has 0 saturated carbocycles. The summed E-state index contributed by atoms with van der Waals surface area (Å²) in [6, 6.07) is 8.52. The maximum absolute atomic E-state index is 5.65. The van der Waals surface area contributed by atoms with Gasteiger partial charge in [-0.15, -0.1) is 0 Å². The Hall–Kier alpha value is -0.130. The van der Waals surface area contributed by atoms with Gasteiger partial charge < -0.3 is 33.6 Å². The molecule has 1 aromatic rings. The highest BCUT2D eigenvalue weighted by molar-refractivity contribution is 5.20. The van der Waals surface area contributed by atoms with Gasteiger partial charge in [-0.2, -0.15) is 0 Å². The molecule has 0 bridgehead atoms. The lowest BCUT2D eigenvalue weighted by atomic mass is 10.2. The lowest BCUT2D eigenvalue weighted by molar-refractivity contribution is -0.00000463. The highest BCUT2D eigenvalue weighted by Gasteiger charge is 1.98. The van der Waals surface area contributed by atoms with E-state index in [1.165, 1.54) is 11.1 Å². The van der Waals surface area contributed by atoms with E-state index in [0.717, 1.165) is 32.8 Å². The molecule has 0 aliphatic heterocycles. The van der Waals surface area contributed by atoms with Gasteiger partial charge in [-0.25, -0.2) is 0 Å². The van der Waals surface area contributed by atoms with E-state index < -0.39 is 0 Å².